The number of carbonyl (C=O) groups is 2. The lowest BCUT2D eigenvalue weighted by Gasteiger charge is -2.05. The van der Waals surface area contributed by atoms with E-state index in [9.17, 15) is 19.7 Å². The van der Waals surface area contributed by atoms with E-state index in [0.29, 0.717) is 11.3 Å². The summed E-state index contributed by atoms with van der Waals surface area (Å²) in [5.41, 5.74) is 2.53. The quantitative estimate of drug-likeness (QED) is 0.335. The number of amides is 1. The topological polar surface area (TPSA) is 120 Å². The minimum Gasteiger partial charge on any atom is -0.482 e. The molecule has 2 aromatic carbocycles. The van der Waals surface area contributed by atoms with Crippen molar-refractivity contribution in [3.05, 3.63) is 68.7 Å². The number of ether oxygens (including phenoxy) is 2. The smallest absolute Gasteiger partial charge is 0.343 e. The molecule has 0 unspecified atom stereocenters. The van der Waals surface area contributed by atoms with Crippen LogP contribution < -0.4 is 10.2 Å². The van der Waals surface area contributed by atoms with Crippen molar-refractivity contribution in [3.63, 3.8) is 0 Å². The molecule has 0 aliphatic rings. The Balaban J connectivity index is 2.01. The number of nitrogens with zero attached hydrogens (tertiary/aromatic N) is 2. The predicted molar refractivity (Wildman–Crippen MR) is 97.1 cm³/mol. The van der Waals surface area contributed by atoms with Crippen LogP contribution in [0, 0.1) is 10.1 Å². The lowest BCUT2D eigenvalue weighted by atomic mass is 10.2. The molecule has 0 atom stereocenters. The van der Waals surface area contributed by atoms with Crippen LogP contribution in [0.15, 0.2) is 47.6 Å². The fraction of sp³-hybridized carbons (Fsp3) is 0.118. The molecule has 27 heavy (non-hydrogen) atoms. The lowest BCUT2D eigenvalue weighted by Crippen LogP contribution is -2.17. The molecular weight excluding hydrogens is 378 g/mol. The normalized spacial score (nSPS) is 10.4. The van der Waals surface area contributed by atoms with Crippen molar-refractivity contribution in [1.82, 2.24) is 5.43 Å². The molecule has 0 fully saturated rings. The van der Waals surface area contributed by atoms with Crippen LogP contribution >= 0.6 is 11.6 Å². The first kappa shape index (κ1) is 19.9. The van der Waals surface area contributed by atoms with Gasteiger partial charge in [0.1, 0.15) is 10.8 Å². The van der Waals surface area contributed by atoms with Crippen molar-refractivity contribution in [2.24, 2.45) is 5.10 Å². The number of rotatable bonds is 7. The van der Waals surface area contributed by atoms with E-state index < -0.39 is 16.8 Å². The maximum atomic E-state index is 12.0. The summed E-state index contributed by atoms with van der Waals surface area (Å²) in [5, 5.41) is 14.6. The van der Waals surface area contributed by atoms with Gasteiger partial charge in [0.25, 0.3) is 11.6 Å². The van der Waals surface area contributed by atoms with E-state index in [4.69, 9.17) is 16.3 Å². The van der Waals surface area contributed by atoms with Crippen molar-refractivity contribution < 1.29 is 24.0 Å². The van der Waals surface area contributed by atoms with Gasteiger partial charge < -0.3 is 9.47 Å². The second-order valence-electron chi connectivity index (χ2n) is 5.06. The highest BCUT2D eigenvalue weighted by atomic mass is 35.5. The third-order valence-corrected chi connectivity index (χ3v) is 3.55. The lowest BCUT2D eigenvalue weighted by molar-refractivity contribution is -0.384. The van der Waals surface area contributed by atoms with E-state index >= 15 is 0 Å². The number of carbonyl (C=O) groups excluding carboxylic acids is 2. The van der Waals surface area contributed by atoms with Crippen molar-refractivity contribution in [1.29, 1.82) is 0 Å². The molecule has 2 aromatic rings. The zero-order chi connectivity index (χ0) is 19.8. The first-order valence-corrected chi connectivity index (χ1v) is 7.85. The molecule has 0 saturated heterocycles. The first-order valence-electron chi connectivity index (χ1n) is 7.47. The molecule has 0 saturated carbocycles. The van der Waals surface area contributed by atoms with E-state index in [1.54, 1.807) is 24.3 Å². The van der Waals surface area contributed by atoms with Gasteiger partial charge in [0, 0.05) is 11.6 Å². The van der Waals surface area contributed by atoms with Gasteiger partial charge in [0.2, 0.25) is 0 Å². The van der Waals surface area contributed by atoms with Crippen molar-refractivity contribution in [2.45, 2.75) is 0 Å². The molecule has 0 aliphatic heterocycles. The number of nitro benzene ring substituents is 1. The van der Waals surface area contributed by atoms with Crippen molar-refractivity contribution in [2.75, 3.05) is 13.7 Å². The average Bonchev–Trinajstić information content (AvgIpc) is 2.66. The molecule has 0 aromatic heterocycles. The summed E-state index contributed by atoms with van der Waals surface area (Å²) >= 11 is 5.71. The van der Waals surface area contributed by atoms with Gasteiger partial charge in [-0.3, -0.25) is 14.9 Å². The highest BCUT2D eigenvalue weighted by Crippen LogP contribution is 2.24. The maximum Gasteiger partial charge on any atom is 0.343 e. The Morgan fingerprint density at radius 3 is 2.78 bits per heavy atom. The first-order chi connectivity index (χ1) is 12.9. The van der Waals surface area contributed by atoms with Crippen LogP contribution in [0.4, 0.5) is 5.69 Å². The highest BCUT2D eigenvalue weighted by Gasteiger charge is 2.15. The average molecular weight is 392 g/mol. The molecule has 0 heterocycles. The van der Waals surface area contributed by atoms with E-state index in [0.717, 1.165) is 6.07 Å². The Labute approximate surface area is 158 Å². The number of methoxy groups -OCH3 is 1. The summed E-state index contributed by atoms with van der Waals surface area (Å²) in [6.07, 6.45) is 1.35. The van der Waals surface area contributed by atoms with Crippen LogP contribution in [-0.2, 0) is 9.53 Å². The van der Waals surface area contributed by atoms with Crippen LogP contribution in [0.25, 0.3) is 0 Å². The highest BCUT2D eigenvalue weighted by molar-refractivity contribution is 6.32. The summed E-state index contributed by atoms with van der Waals surface area (Å²) in [6, 6.07) is 10.3. The van der Waals surface area contributed by atoms with E-state index in [2.05, 4.69) is 15.3 Å². The SMILES string of the molecule is COC(=O)COc1cccc(/C=N\NC(=O)c2ccc(Cl)c([N+](=O)[O-])c2)c1. The van der Waals surface area contributed by atoms with Crippen molar-refractivity contribution in [3.8, 4) is 5.75 Å². The molecule has 1 amide bonds. The Morgan fingerprint density at radius 1 is 1.30 bits per heavy atom. The van der Waals surface area contributed by atoms with Crippen LogP contribution in [0.5, 0.6) is 5.75 Å². The molecule has 0 radical (unpaired) electrons. The Kier molecular flexibility index (Phi) is 6.84. The fourth-order valence-electron chi connectivity index (χ4n) is 1.91. The van der Waals surface area contributed by atoms with Crippen LogP contribution in [-0.4, -0.2) is 36.7 Å². The number of nitrogens with one attached hydrogen (secondary N) is 1. The number of benzene rings is 2. The summed E-state index contributed by atoms with van der Waals surface area (Å²) < 4.78 is 9.72. The molecule has 0 aliphatic carbocycles. The summed E-state index contributed by atoms with van der Waals surface area (Å²) in [7, 11) is 1.26. The molecule has 9 nitrogen and oxygen atoms in total. The molecule has 140 valence electrons. The standard InChI is InChI=1S/C17H14ClN3O6/c1-26-16(22)10-27-13-4-2-3-11(7-13)9-19-20-17(23)12-5-6-14(18)15(8-12)21(24)25/h2-9H,10H2,1H3,(H,20,23)/b19-9-. The van der Waals surface area contributed by atoms with Crippen molar-refractivity contribution >= 4 is 35.4 Å². The Morgan fingerprint density at radius 2 is 2.07 bits per heavy atom. The Bertz CT molecular complexity index is 900. The number of esters is 1. The number of nitro groups is 1. The number of hydrazone groups is 1. The van der Waals surface area contributed by atoms with Gasteiger partial charge in [0.15, 0.2) is 6.61 Å². The summed E-state index contributed by atoms with van der Waals surface area (Å²) in [4.78, 5) is 33.3. The molecular formula is C17H14ClN3O6. The van der Waals surface area contributed by atoms with E-state index in [1.165, 1.54) is 25.5 Å². The zero-order valence-electron chi connectivity index (χ0n) is 14.0. The van der Waals surface area contributed by atoms with Gasteiger partial charge in [-0.05, 0) is 29.8 Å². The number of hydrogen-bond donors (Lipinski definition) is 1. The predicted octanol–water partition coefficient (Wildman–Crippen LogP) is 2.56. The minimum atomic E-state index is -0.678. The van der Waals surface area contributed by atoms with Crippen LogP contribution in [0.1, 0.15) is 15.9 Å². The van der Waals surface area contributed by atoms with Crippen LogP contribution in [0.2, 0.25) is 5.02 Å². The van der Waals surface area contributed by atoms with Gasteiger partial charge in [-0.2, -0.15) is 5.10 Å². The van der Waals surface area contributed by atoms with Gasteiger partial charge in [-0.15, -0.1) is 0 Å². The van der Waals surface area contributed by atoms with E-state index in [-0.39, 0.29) is 22.9 Å². The largest absolute Gasteiger partial charge is 0.482 e. The molecule has 0 spiro atoms. The van der Waals surface area contributed by atoms with Gasteiger partial charge in [-0.25, -0.2) is 10.2 Å². The van der Waals surface area contributed by atoms with Crippen LogP contribution in [0.3, 0.4) is 0 Å². The molecule has 1 N–H and O–H groups in total. The molecule has 2 rings (SSSR count). The summed E-state index contributed by atoms with van der Waals surface area (Å²) in [6.45, 7) is -0.233. The molecule has 10 heteroatoms. The van der Waals surface area contributed by atoms with Gasteiger partial charge in [0.05, 0.1) is 18.2 Å². The fourth-order valence-corrected chi connectivity index (χ4v) is 2.10. The second kappa shape index (κ2) is 9.30. The zero-order valence-corrected chi connectivity index (χ0v) is 14.8. The van der Waals surface area contributed by atoms with Gasteiger partial charge in [-0.1, -0.05) is 23.7 Å². The number of hydrogen-bond acceptors (Lipinski definition) is 7. The monoisotopic (exact) mass is 391 g/mol. The third kappa shape index (κ3) is 5.79. The molecule has 0 bridgehead atoms. The minimum absolute atomic E-state index is 0.0402. The second-order valence-corrected chi connectivity index (χ2v) is 5.47. The summed E-state index contributed by atoms with van der Waals surface area (Å²) in [5.74, 6) is -0.730. The third-order valence-electron chi connectivity index (χ3n) is 3.23. The van der Waals surface area contributed by atoms with E-state index in [1.807, 2.05) is 0 Å². The number of halogens is 1. The maximum absolute atomic E-state index is 12.0. The Hall–Kier alpha value is -3.46. The van der Waals surface area contributed by atoms with Gasteiger partial charge >= 0.3 is 5.97 Å².